The highest BCUT2D eigenvalue weighted by atomic mass is 31.2. The van der Waals surface area contributed by atoms with Crippen LogP contribution in [0.4, 0.5) is 0 Å². The molecule has 0 fully saturated rings. The van der Waals surface area contributed by atoms with E-state index < -0.39 is 7.14 Å². The zero-order valence-electron chi connectivity index (χ0n) is 19.6. The fourth-order valence-corrected chi connectivity index (χ4v) is 6.89. The molecule has 0 N–H and O–H groups in total. The van der Waals surface area contributed by atoms with Crippen LogP contribution in [-0.2, 0) is 4.57 Å². The second-order valence-corrected chi connectivity index (χ2v) is 11.9. The fraction of sp³-hybridized carbons (Fsp3) is 0.0303. The van der Waals surface area contributed by atoms with E-state index in [0.717, 1.165) is 16.2 Å². The zero-order chi connectivity index (χ0) is 23.8. The van der Waals surface area contributed by atoms with E-state index in [1.165, 1.54) is 38.2 Å². The van der Waals surface area contributed by atoms with E-state index >= 15 is 0 Å². The molecule has 0 spiro atoms. The molecule has 0 radical (unpaired) electrons. The first kappa shape index (κ1) is 21.6. The molecular weight excluding hydrogens is 443 g/mol. The summed E-state index contributed by atoms with van der Waals surface area (Å²) in [6, 6.07) is 46.1. The molecule has 35 heavy (non-hydrogen) atoms. The molecule has 0 saturated heterocycles. The minimum Gasteiger partial charge on any atom is -0.314 e. The Labute approximate surface area is 206 Å². The molecule has 0 aliphatic carbocycles. The van der Waals surface area contributed by atoms with Gasteiger partial charge in [0.15, 0.2) is 0 Å². The zero-order valence-corrected chi connectivity index (χ0v) is 20.5. The molecular formula is C33H25OP. The average Bonchev–Trinajstić information content (AvgIpc) is 2.92. The molecule has 168 valence electrons. The van der Waals surface area contributed by atoms with E-state index in [9.17, 15) is 4.57 Å². The molecule has 1 nitrogen and oxygen atoms in total. The number of rotatable bonds is 4. The first-order chi connectivity index (χ1) is 17.1. The standard InChI is InChI=1S/C33H25OP/c1-35(34,26-14-6-3-7-15-26)27-22-20-25(21-23-27)33-30-18-10-8-16-28(30)32(24-12-4-2-5-13-24)29-17-9-11-19-31(29)33/h2-23H,1H3. The van der Waals surface area contributed by atoms with E-state index in [1.54, 1.807) is 0 Å². The number of fused-ring (bicyclic) bond motifs is 2. The van der Waals surface area contributed by atoms with Gasteiger partial charge in [-0.15, -0.1) is 0 Å². The first-order valence-corrected chi connectivity index (χ1v) is 14.0. The minimum atomic E-state index is -2.65. The number of benzene rings is 6. The van der Waals surface area contributed by atoms with Gasteiger partial charge >= 0.3 is 0 Å². The van der Waals surface area contributed by atoms with Gasteiger partial charge in [0.05, 0.1) is 0 Å². The summed E-state index contributed by atoms with van der Waals surface area (Å²) in [5.74, 6) is 0. The van der Waals surface area contributed by atoms with E-state index in [2.05, 4.69) is 91.0 Å². The van der Waals surface area contributed by atoms with Gasteiger partial charge in [-0.05, 0) is 50.5 Å². The summed E-state index contributed by atoms with van der Waals surface area (Å²) in [7, 11) is -2.65. The van der Waals surface area contributed by atoms with Gasteiger partial charge in [-0.2, -0.15) is 0 Å². The van der Waals surface area contributed by atoms with Crippen molar-refractivity contribution in [2.75, 3.05) is 6.66 Å². The van der Waals surface area contributed by atoms with Crippen molar-refractivity contribution in [2.45, 2.75) is 0 Å². The predicted molar refractivity (Wildman–Crippen MR) is 152 cm³/mol. The largest absolute Gasteiger partial charge is 0.314 e. The SMILES string of the molecule is CP(=O)(c1ccccc1)c1ccc(-c2c3ccccc3c(-c3ccccc3)c3ccccc23)cc1. The van der Waals surface area contributed by atoms with Crippen LogP contribution >= 0.6 is 7.14 Å². The van der Waals surface area contributed by atoms with Gasteiger partial charge in [-0.25, -0.2) is 0 Å². The van der Waals surface area contributed by atoms with Crippen molar-refractivity contribution >= 4 is 39.3 Å². The maximum atomic E-state index is 13.7. The van der Waals surface area contributed by atoms with E-state index in [4.69, 9.17) is 0 Å². The quantitative estimate of drug-likeness (QED) is 0.188. The maximum Gasteiger partial charge on any atom is 0.140 e. The number of hydrogen-bond acceptors (Lipinski definition) is 1. The summed E-state index contributed by atoms with van der Waals surface area (Å²) in [5, 5.41) is 6.68. The molecule has 0 amide bonds. The fourth-order valence-electron chi connectivity index (χ4n) is 5.13. The molecule has 6 aromatic carbocycles. The van der Waals surface area contributed by atoms with Crippen LogP contribution in [0.5, 0.6) is 0 Å². The monoisotopic (exact) mass is 468 g/mol. The van der Waals surface area contributed by atoms with E-state index in [-0.39, 0.29) is 0 Å². The van der Waals surface area contributed by atoms with Gasteiger partial charge in [-0.3, -0.25) is 0 Å². The van der Waals surface area contributed by atoms with Crippen LogP contribution < -0.4 is 10.6 Å². The Morgan fingerprint density at radius 2 is 0.743 bits per heavy atom. The van der Waals surface area contributed by atoms with Crippen molar-refractivity contribution in [3.63, 3.8) is 0 Å². The molecule has 0 saturated carbocycles. The highest BCUT2D eigenvalue weighted by molar-refractivity contribution is 7.78. The molecule has 0 heterocycles. The lowest BCUT2D eigenvalue weighted by atomic mass is 9.86. The maximum absolute atomic E-state index is 13.7. The molecule has 1 unspecified atom stereocenters. The molecule has 0 aliphatic heterocycles. The lowest BCUT2D eigenvalue weighted by Gasteiger charge is -2.18. The van der Waals surface area contributed by atoms with Crippen molar-refractivity contribution in [1.82, 2.24) is 0 Å². The highest BCUT2D eigenvalue weighted by Gasteiger charge is 2.21. The molecule has 0 aromatic heterocycles. The van der Waals surface area contributed by atoms with E-state index in [0.29, 0.717) is 0 Å². The van der Waals surface area contributed by atoms with Gasteiger partial charge < -0.3 is 4.57 Å². The molecule has 1 atom stereocenters. The van der Waals surface area contributed by atoms with Crippen molar-refractivity contribution in [2.24, 2.45) is 0 Å². The Morgan fingerprint density at radius 1 is 0.400 bits per heavy atom. The van der Waals surface area contributed by atoms with Crippen molar-refractivity contribution in [3.8, 4) is 22.3 Å². The first-order valence-electron chi connectivity index (χ1n) is 11.9. The second-order valence-electron chi connectivity index (χ2n) is 9.01. The van der Waals surface area contributed by atoms with Crippen molar-refractivity contribution < 1.29 is 4.57 Å². The summed E-state index contributed by atoms with van der Waals surface area (Å²) < 4.78 is 13.7. The molecule has 6 rings (SSSR count). The van der Waals surface area contributed by atoms with Gasteiger partial charge in [0.1, 0.15) is 7.14 Å². The Kier molecular flexibility index (Phi) is 5.36. The van der Waals surface area contributed by atoms with Crippen molar-refractivity contribution in [1.29, 1.82) is 0 Å². The average molecular weight is 469 g/mol. The van der Waals surface area contributed by atoms with Crippen LogP contribution in [0.2, 0.25) is 0 Å². The summed E-state index contributed by atoms with van der Waals surface area (Å²) in [6.45, 7) is 1.86. The third-order valence-electron chi connectivity index (χ3n) is 6.89. The van der Waals surface area contributed by atoms with Gasteiger partial charge in [0.2, 0.25) is 0 Å². The van der Waals surface area contributed by atoms with Gasteiger partial charge in [-0.1, -0.05) is 133 Å². The predicted octanol–water partition coefficient (Wildman–Crippen LogP) is 8.27. The smallest absolute Gasteiger partial charge is 0.140 e. The third kappa shape index (κ3) is 3.70. The Morgan fingerprint density at radius 3 is 1.20 bits per heavy atom. The summed E-state index contributed by atoms with van der Waals surface area (Å²) >= 11 is 0. The minimum absolute atomic E-state index is 0.877. The molecule has 0 bridgehead atoms. The van der Waals surface area contributed by atoms with E-state index in [1.807, 2.05) is 49.1 Å². The lowest BCUT2D eigenvalue weighted by Crippen LogP contribution is -2.14. The Hall–Kier alpha value is -3.93. The van der Waals surface area contributed by atoms with Crippen molar-refractivity contribution in [3.05, 3.63) is 133 Å². The normalized spacial score (nSPS) is 13.1. The molecule has 2 heteroatoms. The summed E-state index contributed by atoms with van der Waals surface area (Å²) in [6.07, 6.45) is 0. The molecule has 6 aromatic rings. The topological polar surface area (TPSA) is 17.1 Å². The molecule has 0 aliphatic rings. The summed E-state index contributed by atoms with van der Waals surface area (Å²) in [5.41, 5.74) is 4.83. The van der Waals surface area contributed by atoms with Gasteiger partial charge in [0.25, 0.3) is 0 Å². The van der Waals surface area contributed by atoms with Crippen LogP contribution in [0.1, 0.15) is 0 Å². The van der Waals surface area contributed by atoms with Crippen LogP contribution in [0, 0.1) is 0 Å². The van der Waals surface area contributed by atoms with Crippen LogP contribution in [-0.4, -0.2) is 6.66 Å². The van der Waals surface area contributed by atoms with Crippen LogP contribution in [0.25, 0.3) is 43.8 Å². The lowest BCUT2D eigenvalue weighted by molar-refractivity contribution is 0.590. The Balaban J connectivity index is 1.59. The second kappa shape index (κ2) is 8.69. The van der Waals surface area contributed by atoms with Crippen LogP contribution in [0.3, 0.4) is 0 Å². The third-order valence-corrected chi connectivity index (χ3v) is 9.46. The number of hydrogen-bond donors (Lipinski definition) is 0. The van der Waals surface area contributed by atoms with Crippen LogP contribution in [0.15, 0.2) is 133 Å². The Bertz CT molecular complexity index is 1650. The summed E-state index contributed by atoms with van der Waals surface area (Å²) in [4.78, 5) is 0. The van der Waals surface area contributed by atoms with Gasteiger partial charge in [0, 0.05) is 10.6 Å². The highest BCUT2D eigenvalue weighted by Crippen LogP contribution is 2.44.